The van der Waals surface area contributed by atoms with Gasteiger partial charge in [0, 0.05) is 19.3 Å². The zero-order valence-corrected chi connectivity index (χ0v) is 50.3. The fraction of sp³-hybridized carbons (Fsp3) is 0.955. The molecule has 0 amide bonds. The number of hydrogen-bond acceptors (Lipinski definition) is 6. The zero-order valence-electron chi connectivity index (χ0n) is 50.3. The number of unbranched alkanes of at least 4 members (excludes halogenated alkanes) is 46. The first kappa shape index (κ1) is 71.4. The molecule has 0 rings (SSSR count). The molecule has 0 heterocycles. The standard InChI is InChI=1S/C67H130O6/c1-6-7-8-9-10-11-12-13-14-15-19-23-28-34-39-44-49-54-59-67(70)73-64(61-72-66(69)58-53-48-43-38-33-29-24-26-31-36-41-46-51-56-63(4)5)60-71-65(68)57-52-47-42-37-32-27-22-20-17-16-18-21-25-30-35-40-45-50-55-62(2)3/h62-64H,6-61H2,1-5H3/t64-/m1/s1. The van der Waals surface area contributed by atoms with E-state index in [0.29, 0.717) is 19.3 Å². The average Bonchev–Trinajstić information content (AvgIpc) is 3.37. The summed E-state index contributed by atoms with van der Waals surface area (Å²) >= 11 is 0. The van der Waals surface area contributed by atoms with Crippen molar-refractivity contribution in [2.24, 2.45) is 11.8 Å². The Hall–Kier alpha value is -1.59. The lowest BCUT2D eigenvalue weighted by atomic mass is 10.0. The van der Waals surface area contributed by atoms with Gasteiger partial charge < -0.3 is 14.2 Å². The smallest absolute Gasteiger partial charge is 0.306 e. The summed E-state index contributed by atoms with van der Waals surface area (Å²) in [5.74, 6) is 0.871. The van der Waals surface area contributed by atoms with Crippen LogP contribution in [-0.2, 0) is 28.6 Å². The van der Waals surface area contributed by atoms with Crippen molar-refractivity contribution in [3.63, 3.8) is 0 Å². The van der Waals surface area contributed by atoms with Gasteiger partial charge in [0.1, 0.15) is 13.2 Å². The second-order valence-corrected chi connectivity index (χ2v) is 24.1. The van der Waals surface area contributed by atoms with Gasteiger partial charge in [-0.25, -0.2) is 0 Å². The van der Waals surface area contributed by atoms with Gasteiger partial charge in [-0.3, -0.25) is 14.4 Å². The monoisotopic (exact) mass is 1030 g/mol. The first-order chi connectivity index (χ1) is 35.7. The molecule has 0 aromatic carbocycles. The summed E-state index contributed by atoms with van der Waals surface area (Å²) in [6.45, 7) is 11.5. The van der Waals surface area contributed by atoms with E-state index in [1.165, 1.54) is 270 Å². The number of carbonyl (C=O) groups excluding carboxylic acids is 3. The highest BCUT2D eigenvalue weighted by Crippen LogP contribution is 2.19. The van der Waals surface area contributed by atoms with Crippen LogP contribution in [0.2, 0.25) is 0 Å². The molecule has 0 aliphatic heterocycles. The highest BCUT2D eigenvalue weighted by Gasteiger charge is 2.19. The number of ether oxygens (including phenoxy) is 3. The van der Waals surface area contributed by atoms with Crippen LogP contribution in [0.1, 0.15) is 381 Å². The molecule has 0 bridgehead atoms. The Morgan fingerprint density at radius 1 is 0.260 bits per heavy atom. The molecule has 1 atom stereocenters. The first-order valence-corrected chi connectivity index (χ1v) is 33.2. The van der Waals surface area contributed by atoms with Crippen molar-refractivity contribution in [3.05, 3.63) is 0 Å². The predicted molar refractivity (Wildman–Crippen MR) is 316 cm³/mol. The summed E-state index contributed by atoms with van der Waals surface area (Å²) in [7, 11) is 0. The molecular weight excluding hydrogens is 901 g/mol. The summed E-state index contributed by atoms with van der Waals surface area (Å²) < 4.78 is 17.0. The Kier molecular flexibility index (Phi) is 58.4. The molecule has 434 valence electrons. The molecule has 0 fully saturated rings. The summed E-state index contributed by atoms with van der Waals surface area (Å²) in [5.41, 5.74) is 0. The number of esters is 3. The van der Waals surface area contributed by atoms with Crippen LogP contribution in [0.25, 0.3) is 0 Å². The third-order valence-corrected chi connectivity index (χ3v) is 15.5. The maximum absolute atomic E-state index is 12.9. The Labute approximate surface area is 457 Å². The van der Waals surface area contributed by atoms with Crippen LogP contribution in [0.5, 0.6) is 0 Å². The second-order valence-electron chi connectivity index (χ2n) is 24.1. The van der Waals surface area contributed by atoms with Crippen molar-refractivity contribution in [1.29, 1.82) is 0 Å². The van der Waals surface area contributed by atoms with E-state index in [0.717, 1.165) is 69.6 Å². The second kappa shape index (κ2) is 59.7. The first-order valence-electron chi connectivity index (χ1n) is 33.2. The van der Waals surface area contributed by atoms with Gasteiger partial charge in [0.2, 0.25) is 0 Å². The third-order valence-electron chi connectivity index (χ3n) is 15.5. The predicted octanol–water partition coefficient (Wildman–Crippen LogP) is 22.4. The maximum Gasteiger partial charge on any atom is 0.306 e. The van der Waals surface area contributed by atoms with Gasteiger partial charge in [-0.2, -0.15) is 0 Å². The molecule has 0 spiro atoms. The molecular formula is C67H130O6. The van der Waals surface area contributed by atoms with Gasteiger partial charge in [-0.05, 0) is 31.1 Å². The third kappa shape index (κ3) is 61.1. The Balaban J connectivity index is 4.27. The van der Waals surface area contributed by atoms with E-state index in [1.54, 1.807) is 0 Å². The van der Waals surface area contributed by atoms with Crippen molar-refractivity contribution >= 4 is 17.9 Å². The quantitative estimate of drug-likeness (QED) is 0.0343. The van der Waals surface area contributed by atoms with Crippen LogP contribution in [0.4, 0.5) is 0 Å². The summed E-state index contributed by atoms with van der Waals surface area (Å²) in [6, 6.07) is 0. The van der Waals surface area contributed by atoms with Crippen LogP contribution in [0.3, 0.4) is 0 Å². The fourth-order valence-electron chi connectivity index (χ4n) is 10.5. The number of rotatable bonds is 61. The van der Waals surface area contributed by atoms with Crippen LogP contribution in [-0.4, -0.2) is 37.2 Å². The largest absolute Gasteiger partial charge is 0.462 e. The highest BCUT2D eigenvalue weighted by molar-refractivity contribution is 5.71. The molecule has 0 unspecified atom stereocenters. The van der Waals surface area contributed by atoms with E-state index in [-0.39, 0.29) is 31.1 Å². The fourth-order valence-corrected chi connectivity index (χ4v) is 10.5. The van der Waals surface area contributed by atoms with E-state index in [1.807, 2.05) is 0 Å². The molecule has 0 saturated heterocycles. The molecule has 0 aromatic rings. The van der Waals surface area contributed by atoms with Crippen LogP contribution in [0, 0.1) is 11.8 Å². The SMILES string of the molecule is CCCCCCCCCCCCCCCCCCCCC(=O)O[C@H](COC(=O)CCCCCCCCCCCCCCCCCCCCC(C)C)COC(=O)CCCCCCCCCCCCCCCC(C)C. The number of hydrogen-bond donors (Lipinski definition) is 0. The van der Waals surface area contributed by atoms with Gasteiger partial charge in [-0.1, -0.05) is 343 Å². The van der Waals surface area contributed by atoms with Gasteiger partial charge in [0.15, 0.2) is 6.10 Å². The molecule has 0 saturated carbocycles. The maximum atomic E-state index is 12.9. The molecule has 0 radical (unpaired) electrons. The van der Waals surface area contributed by atoms with E-state index in [2.05, 4.69) is 34.6 Å². The highest BCUT2D eigenvalue weighted by atomic mass is 16.6. The van der Waals surface area contributed by atoms with Crippen molar-refractivity contribution in [2.45, 2.75) is 387 Å². The van der Waals surface area contributed by atoms with Crippen molar-refractivity contribution < 1.29 is 28.6 Å². The molecule has 6 nitrogen and oxygen atoms in total. The molecule has 0 aliphatic rings. The summed E-state index contributed by atoms with van der Waals surface area (Å²) in [6.07, 6.45) is 66.8. The van der Waals surface area contributed by atoms with Gasteiger partial charge in [0.05, 0.1) is 0 Å². The van der Waals surface area contributed by atoms with Crippen molar-refractivity contribution in [2.75, 3.05) is 13.2 Å². The zero-order chi connectivity index (χ0) is 53.2. The molecule has 0 aromatic heterocycles. The van der Waals surface area contributed by atoms with Gasteiger partial charge in [0.25, 0.3) is 0 Å². The Morgan fingerprint density at radius 2 is 0.452 bits per heavy atom. The lowest BCUT2D eigenvalue weighted by Crippen LogP contribution is -2.30. The normalized spacial score (nSPS) is 12.0. The minimum atomic E-state index is -0.764. The summed E-state index contributed by atoms with van der Waals surface area (Å²) in [5, 5.41) is 0. The van der Waals surface area contributed by atoms with E-state index < -0.39 is 6.10 Å². The lowest BCUT2D eigenvalue weighted by Gasteiger charge is -2.18. The summed E-state index contributed by atoms with van der Waals surface area (Å²) in [4.78, 5) is 38.4. The van der Waals surface area contributed by atoms with Gasteiger partial charge >= 0.3 is 17.9 Å². The molecule has 73 heavy (non-hydrogen) atoms. The topological polar surface area (TPSA) is 78.9 Å². The minimum absolute atomic E-state index is 0.0616. The molecule has 6 heteroatoms. The van der Waals surface area contributed by atoms with E-state index >= 15 is 0 Å². The lowest BCUT2D eigenvalue weighted by molar-refractivity contribution is -0.167. The number of carbonyl (C=O) groups is 3. The van der Waals surface area contributed by atoms with E-state index in [9.17, 15) is 14.4 Å². The van der Waals surface area contributed by atoms with E-state index in [4.69, 9.17) is 14.2 Å². The van der Waals surface area contributed by atoms with Crippen LogP contribution >= 0.6 is 0 Å². The van der Waals surface area contributed by atoms with Crippen molar-refractivity contribution in [3.8, 4) is 0 Å². The molecule has 0 aliphatic carbocycles. The minimum Gasteiger partial charge on any atom is -0.462 e. The average molecular weight is 1030 g/mol. The van der Waals surface area contributed by atoms with Crippen LogP contribution < -0.4 is 0 Å². The molecule has 0 N–H and O–H groups in total. The Morgan fingerprint density at radius 3 is 0.671 bits per heavy atom. The van der Waals surface area contributed by atoms with Crippen molar-refractivity contribution in [1.82, 2.24) is 0 Å². The van der Waals surface area contributed by atoms with Gasteiger partial charge in [-0.15, -0.1) is 0 Å². The Bertz CT molecular complexity index is 1120. The van der Waals surface area contributed by atoms with Crippen LogP contribution in [0.15, 0.2) is 0 Å².